The Labute approximate surface area is 120 Å². The van der Waals surface area contributed by atoms with Crippen molar-refractivity contribution in [1.29, 1.82) is 0 Å². The van der Waals surface area contributed by atoms with Crippen molar-refractivity contribution in [1.82, 2.24) is 5.32 Å². The molecule has 0 saturated heterocycles. The monoisotopic (exact) mass is 415 g/mol. The summed E-state index contributed by atoms with van der Waals surface area (Å²) in [7, 11) is 1.79. The first-order valence-electron chi connectivity index (χ1n) is 4.64. The quantitative estimate of drug-likeness (QED) is 0.774. The second-order valence-corrected chi connectivity index (χ2v) is 5.85. The molecule has 0 heterocycles. The van der Waals surface area contributed by atoms with Gasteiger partial charge in [0, 0.05) is 11.0 Å². The first kappa shape index (κ1) is 14.4. The maximum absolute atomic E-state index is 9.52. The summed E-state index contributed by atoms with van der Waals surface area (Å²) in [4.78, 5) is 0. The van der Waals surface area contributed by atoms with E-state index in [-0.39, 0.29) is 6.61 Å². The van der Waals surface area contributed by atoms with Gasteiger partial charge in [0.1, 0.15) is 18.5 Å². The Morgan fingerprint density at radius 2 is 1.88 bits per heavy atom. The number of hydrogen-bond acceptors (Lipinski definition) is 3. The molecule has 1 unspecified atom stereocenters. The smallest absolute Gasteiger partial charge is 0.147 e. The van der Waals surface area contributed by atoms with Crippen LogP contribution in [0.3, 0.4) is 0 Å². The summed E-state index contributed by atoms with van der Waals surface area (Å²) in [6, 6.07) is 3.79. The molecule has 1 aromatic carbocycles. The Morgan fingerprint density at radius 1 is 1.31 bits per heavy atom. The van der Waals surface area contributed by atoms with E-state index in [9.17, 15) is 5.11 Å². The highest BCUT2D eigenvalue weighted by Crippen LogP contribution is 2.36. The molecule has 0 aromatic heterocycles. The van der Waals surface area contributed by atoms with Crippen LogP contribution in [0.25, 0.3) is 0 Å². The van der Waals surface area contributed by atoms with Crippen LogP contribution in [0.2, 0.25) is 0 Å². The van der Waals surface area contributed by atoms with Crippen LogP contribution in [0.5, 0.6) is 5.75 Å². The van der Waals surface area contributed by atoms with E-state index in [0.29, 0.717) is 12.3 Å². The number of aliphatic hydroxyl groups excluding tert-OH is 1. The van der Waals surface area contributed by atoms with Crippen LogP contribution < -0.4 is 10.1 Å². The molecule has 0 amide bonds. The highest BCUT2D eigenvalue weighted by molar-refractivity contribution is 9.11. The number of benzene rings is 1. The van der Waals surface area contributed by atoms with Gasteiger partial charge in [-0.25, -0.2) is 0 Å². The van der Waals surface area contributed by atoms with Crippen LogP contribution in [0.1, 0.15) is 0 Å². The van der Waals surface area contributed by atoms with Gasteiger partial charge < -0.3 is 15.2 Å². The van der Waals surface area contributed by atoms with Crippen LogP contribution in [0, 0.1) is 0 Å². The fraction of sp³-hybridized carbons (Fsp3) is 0.400. The molecule has 0 aliphatic carbocycles. The van der Waals surface area contributed by atoms with E-state index in [1.165, 1.54) is 0 Å². The van der Waals surface area contributed by atoms with E-state index < -0.39 is 6.10 Å². The second kappa shape index (κ2) is 6.96. The van der Waals surface area contributed by atoms with Crippen LogP contribution in [-0.2, 0) is 0 Å². The van der Waals surface area contributed by atoms with Crippen molar-refractivity contribution in [3.8, 4) is 5.75 Å². The van der Waals surface area contributed by atoms with Crippen molar-refractivity contribution in [2.75, 3.05) is 20.2 Å². The standard InChI is InChI=1S/C10H12Br3NO2/c1-14-4-7(15)5-16-10-8(12)2-6(11)3-9(10)13/h2-3,7,14-15H,4-5H2,1H3. The number of aliphatic hydroxyl groups is 1. The van der Waals surface area contributed by atoms with Gasteiger partial charge in [0.05, 0.1) is 8.95 Å². The zero-order chi connectivity index (χ0) is 12.1. The summed E-state index contributed by atoms with van der Waals surface area (Å²) in [5, 5.41) is 12.4. The SMILES string of the molecule is CNCC(O)COc1c(Br)cc(Br)cc1Br. The Hall–Kier alpha value is 0.380. The molecule has 1 rings (SSSR count). The van der Waals surface area contributed by atoms with E-state index >= 15 is 0 Å². The minimum Gasteiger partial charge on any atom is -0.488 e. The minimum absolute atomic E-state index is 0.250. The van der Waals surface area contributed by atoms with Gasteiger partial charge in [-0.2, -0.15) is 0 Å². The van der Waals surface area contributed by atoms with Crippen LogP contribution in [0.15, 0.2) is 25.6 Å². The van der Waals surface area contributed by atoms with E-state index in [2.05, 4.69) is 53.1 Å². The molecule has 0 bridgehead atoms. The molecule has 16 heavy (non-hydrogen) atoms. The third-order valence-electron chi connectivity index (χ3n) is 1.82. The molecule has 0 saturated carbocycles. The van der Waals surface area contributed by atoms with Crippen LogP contribution >= 0.6 is 47.8 Å². The third kappa shape index (κ3) is 4.33. The molecule has 1 aromatic rings. The summed E-state index contributed by atoms with van der Waals surface area (Å²) in [6.45, 7) is 0.755. The van der Waals surface area contributed by atoms with Crippen molar-refractivity contribution >= 4 is 47.8 Å². The predicted octanol–water partition coefficient (Wildman–Crippen LogP) is 2.93. The maximum Gasteiger partial charge on any atom is 0.147 e. The summed E-state index contributed by atoms with van der Waals surface area (Å²) < 4.78 is 8.16. The van der Waals surface area contributed by atoms with Crippen LogP contribution in [-0.4, -0.2) is 31.4 Å². The molecule has 2 N–H and O–H groups in total. The van der Waals surface area contributed by atoms with Gasteiger partial charge in [-0.3, -0.25) is 0 Å². The van der Waals surface area contributed by atoms with Crippen molar-refractivity contribution in [2.45, 2.75) is 6.10 Å². The fourth-order valence-electron chi connectivity index (χ4n) is 1.14. The largest absolute Gasteiger partial charge is 0.488 e. The lowest BCUT2D eigenvalue weighted by molar-refractivity contribution is 0.107. The number of hydrogen-bond donors (Lipinski definition) is 2. The Kier molecular flexibility index (Phi) is 6.28. The predicted molar refractivity (Wildman–Crippen MR) is 75.0 cm³/mol. The number of ether oxygens (including phenoxy) is 1. The van der Waals surface area contributed by atoms with Crippen molar-refractivity contribution in [3.63, 3.8) is 0 Å². The third-order valence-corrected chi connectivity index (χ3v) is 3.46. The number of likely N-dealkylation sites (N-methyl/N-ethyl adjacent to an activating group) is 1. The molecule has 90 valence electrons. The molecular formula is C10H12Br3NO2. The Morgan fingerprint density at radius 3 is 2.38 bits per heavy atom. The van der Waals surface area contributed by atoms with Gasteiger partial charge >= 0.3 is 0 Å². The second-order valence-electron chi connectivity index (χ2n) is 3.22. The number of rotatable bonds is 5. The van der Waals surface area contributed by atoms with Gasteiger partial charge in [-0.05, 0) is 51.0 Å². The zero-order valence-electron chi connectivity index (χ0n) is 8.64. The lowest BCUT2D eigenvalue weighted by atomic mass is 10.3. The van der Waals surface area contributed by atoms with Crippen molar-refractivity contribution < 1.29 is 9.84 Å². The lowest BCUT2D eigenvalue weighted by Crippen LogP contribution is -2.29. The van der Waals surface area contributed by atoms with Crippen LogP contribution in [0.4, 0.5) is 0 Å². The first-order chi connectivity index (χ1) is 7.54. The molecule has 0 aliphatic heterocycles. The zero-order valence-corrected chi connectivity index (χ0v) is 13.4. The maximum atomic E-state index is 9.52. The average molecular weight is 418 g/mol. The van der Waals surface area contributed by atoms with Crippen molar-refractivity contribution in [2.24, 2.45) is 0 Å². The summed E-state index contributed by atoms with van der Waals surface area (Å²) in [5.41, 5.74) is 0. The summed E-state index contributed by atoms with van der Waals surface area (Å²) in [5.74, 6) is 0.693. The first-order valence-corrected chi connectivity index (χ1v) is 7.02. The van der Waals surface area contributed by atoms with Crippen molar-refractivity contribution in [3.05, 3.63) is 25.6 Å². The van der Waals surface area contributed by atoms with E-state index in [1.807, 2.05) is 12.1 Å². The molecule has 0 spiro atoms. The number of halogens is 3. The van der Waals surface area contributed by atoms with E-state index in [4.69, 9.17) is 4.74 Å². The molecule has 0 radical (unpaired) electrons. The Balaban J connectivity index is 2.67. The molecule has 0 fully saturated rings. The van der Waals surface area contributed by atoms with Gasteiger partial charge in [-0.15, -0.1) is 0 Å². The summed E-state index contributed by atoms with van der Waals surface area (Å²) >= 11 is 10.2. The van der Waals surface area contributed by atoms with E-state index in [0.717, 1.165) is 13.4 Å². The van der Waals surface area contributed by atoms with E-state index in [1.54, 1.807) is 7.05 Å². The van der Waals surface area contributed by atoms with Gasteiger partial charge in [0.15, 0.2) is 0 Å². The molecule has 6 heteroatoms. The minimum atomic E-state index is -0.521. The highest BCUT2D eigenvalue weighted by atomic mass is 79.9. The van der Waals surface area contributed by atoms with Gasteiger partial charge in [0.2, 0.25) is 0 Å². The topological polar surface area (TPSA) is 41.5 Å². The lowest BCUT2D eigenvalue weighted by Gasteiger charge is -2.14. The highest BCUT2D eigenvalue weighted by Gasteiger charge is 2.10. The molecular weight excluding hydrogens is 406 g/mol. The van der Waals surface area contributed by atoms with Gasteiger partial charge in [0.25, 0.3) is 0 Å². The normalized spacial score (nSPS) is 12.6. The van der Waals surface area contributed by atoms with Gasteiger partial charge in [-0.1, -0.05) is 15.9 Å². The summed E-state index contributed by atoms with van der Waals surface area (Å²) in [6.07, 6.45) is -0.521. The molecule has 0 aliphatic rings. The Bertz CT molecular complexity index is 337. The number of nitrogens with one attached hydrogen (secondary N) is 1. The fourth-order valence-corrected chi connectivity index (χ4v) is 3.63. The molecule has 1 atom stereocenters. The molecule has 3 nitrogen and oxygen atoms in total. The average Bonchev–Trinajstić information content (AvgIpc) is 2.16.